The minimum Gasteiger partial charge on any atom is -0.398 e. The van der Waals surface area contributed by atoms with Crippen LogP contribution in [0.5, 0.6) is 0 Å². The summed E-state index contributed by atoms with van der Waals surface area (Å²) in [6.45, 7) is 0.470. The third-order valence-corrected chi connectivity index (χ3v) is 4.06. The highest BCUT2D eigenvalue weighted by Crippen LogP contribution is 2.32. The highest BCUT2D eigenvalue weighted by molar-refractivity contribution is 6.34. The Bertz CT molecular complexity index is 658. The molecular formula is C15H17ClN4O. The first-order valence-electron chi connectivity index (χ1n) is 6.89. The molecule has 1 aliphatic rings. The minimum absolute atomic E-state index is 0.122. The van der Waals surface area contributed by atoms with E-state index < -0.39 is 0 Å². The van der Waals surface area contributed by atoms with Crippen LogP contribution in [0.25, 0.3) is 0 Å². The zero-order valence-corrected chi connectivity index (χ0v) is 12.5. The summed E-state index contributed by atoms with van der Waals surface area (Å²) in [5, 5.41) is 0.394. The normalized spacial score (nSPS) is 14.2. The molecule has 0 unspecified atom stereocenters. The van der Waals surface area contributed by atoms with Crippen LogP contribution in [0.1, 0.15) is 29.0 Å². The van der Waals surface area contributed by atoms with Crippen LogP contribution < -0.4 is 5.73 Å². The molecule has 1 fully saturated rings. The average molecular weight is 305 g/mol. The number of aryl methyl sites for hydroxylation is 1. The molecule has 1 heterocycles. The first kappa shape index (κ1) is 13.9. The Hall–Kier alpha value is -2.01. The lowest BCUT2D eigenvalue weighted by Crippen LogP contribution is -2.34. The van der Waals surface area contributed by atoms with E-state index in [4.69, 9.17) is 17.3 Å². The van der Waals surface area contributed by atoms with Crippen LogP contribution in [0.3, 0.4) is 0 Å². The lowest BCUT2D eigenvalue weighted by atomic mass is 10.1. The topological polar surface area (TPSA) is 64.2 Å². The van der Waals surface area contributed by atoms with Crippen LogP contribution in [-0.2, 0) is 13.6 Å². The van der Waals surface area contributed by atoms with E-state index in [-0.39, 0.29) is 11.9 Å². The van der Waals surface area contributed by atoms with Gasteiger partial charge in [0.2, 0.25) is 0 Å². The standard InChI is InChI=1S/C15H17ClN4O/c1-19-8-7-18-13(19)9-20(10-5-6-10)15(21)14-11(16)3-2-4-12(14)17/h2-4,7-8,10H,5-6,9,17H2,1H3. The maximum atomic E-state index is 12.8. The fourth-order valence-electron chi connectivity index (χ4n) is 2.36. The number of carbonyl (C=O) groups is 1. The van der Waals surface area contributed by atoms with Gasteiger partial charge in [0.1, 0.15) is 5.82 Å². The number of halogens is 1. The van der Waals surface area contributed by atoms with Gasteiger partial charge in [0.25, 0.3) is 5.91 Å². The lowest BCUT2D eigenvalue weighted by molar-refractivity contribution is 0.0725. The van der Waals surface area contributed by atoms with E-state index in [0.717, 1.165) is 18.7 Å². The number of nitrogens with zero attached hydrogens (tertiary/aromatic N) is 3. The highest BCUT2D eigenvalue weighted by Gasteiger charge is 2.35. The number of hydrogen-bond donors (Lipinski definition) is 1. The van der Waals surface area contributed by atoms with E-state index in [1.54, 1.807) is 24.4 Å². The van der Waals surface area contributed by atoms with Crippen molar-refractivity contribution in [2.24, 2.45) is 7.05 Å². The molecule has 1 aliphatic carbocycles. The molecule has 1 amide bonds. The fourth-order valence-corrected chi connectivity index (χ4v) is 2.63. The third-order valence-electron chi connectivity index (χ3n) is 3.74. The van der Waals surface area contributed by atoms with Gasteiger partial charge in [-0.05, 0) is 25.0 Å². The number of amides is 1. The van der Waals surface area contributed by atoms with E-state index in [0.29, 0.717) is 22.8 Å². The van der Waals surface area contributed by atoms with Gasteiger partial charge in [0.05, 0.1) is 17.1 Å². The Kier molecular flexibility index (Phi) is 3.59. The van der Waals surface area contributed by atoms with Crippen LogP contribution in [-0.4, -0.2) is 26.4 Å². The number of anilines is 1. The van der Waals surface area contributed by atoms with Crippen molar-refractivity contribution in [1.82, 2.24) is 14.5 Å². The van der Waals surface area contributed by atoms with E-state index in [2.05, 4.69) is 4.98 Å². The van der Waals surface area contributed by atoms with Crippen LogP contribution in [0.4, 0.5) is 5.69 Å². The van der Waals surface area contributed by atoms with E-state index in [1.807, 2.05) is 22.7 Å². The molecule has 0 spiro atoms. The second-order valence-electron chi connectivity index (χ2n) is 5.32. The number of carbonyl (C=O) groups excluding carboxylic acids is 1. The molecule has 0 radical (unpaired) electrons. The zero-order chi connectivity index (χ0) is 15.0. The Morgan fingerprint density at radius 2 is 2.29 bits per heavy atom. The molecular weight excluding hydrogens is 288 g/mol. The van der Waals surface area contributed by atoms with Crippen molar-refractivity contribution in [2.75, 3.05) is 5.73 Å². The molecule has 1 aromatic carbocycles. The Morgan fingerprint density at radius 3 is 2.86 bits per heavy atom. The Balaban J connectivity index is 1.91. The summed E-state index contributed by atoms with van der Waals surface area (Å²) in [7, 11) is 1.92. The van der Waals surface area contributed by atoms with Gasteiger partial charge in [-0.1, -0.05) is 17.7 Å². The van der Waals surface area contributed by atoms with E-state index in [9.17, 15) is 4.79 Å². The molecule has 0 atom stereocenters. The van der Waals surface area contributed by atoms with Gasteiger partial charge in [-0.15, -0.1) is 0 Å². The summed E-state index contributed by atoms with van der Waals surface area (Å²) in [4.78, 5) is 18.9. The molecule has 0 saturated heterocycles. The summed E-state index contributed by atoms with van der Waals surface area (Å²) < 4.78 is 1.92. The van der Waals surface area contributed by atoms with Gasteiger partial charge in [-0.3, -0.25) is 4.79 Å². The fraction of sp³-hybridized carbons (Fsp3) is 0.333. The summed E-state index contributed by atoms with van der Waals surface area (Å²) in [6, 6.07) is 5.39. The number of imidazole rings is 1. The third kappa shape index (κ3) is 2.74. The quantitative estimate of drug-likeness (QED) is 0.883. The van der Waals surface area contributed by atoms with E-state index >= 15 is 0 Å². The summed E-state index contributed by atoms with van der Waals surface area (Å²) >= 11 is 6.16. The van der Waals surface area contributed by atoms with Crippen molar-refractivity contribution < 1.29 is 4.79 Å². The summed E-state index contributed by atoms with van der Waals surface area (Å²) in [5.41, 5.74) is 6.74. The second kappa shape index (κ2) is 5.41. The van der Waals surface area contributed by atoms with Gasteiger partial charge < -0.3 is 15.2 Å². The molecule has 5 nitrogen and oxygen atoms in total. The predicted molar refractivity (Wildman–Crippen MR) is 82.0 cm³/mol. The minimum atomic E-state index is -0.122. The molecule has 0 bridgehead atoms. The van der Waals surface area contributed by atoms with Crippen molar-refractivity contribution in [3.8, 4) is 0 Å². The van der Waals surface area contributed by atoms with Crippen LogP contribution in [0, 0.1) is 0 Å². The van der Waals surface area contributed by atoms with Crippen molar-refractivity contribution in [1.29, 1.82) is 0 Å². The molecule has 2 N–H and O–H groups in total. The average Bonchev–Trinajstić information content (AvgIpc) is 3.19. The smallest absolute Gasteiger partial charge is 0.258 e. The van der Waals surface area contributed by atoms with Crippen molar-refractivity contribution in [2.45, 2.75) is 25.4 Å². The number of rotatable bonds is 4. The first-order chi connectivity index (χ1) is 10.1. The van der Waals surface area contributed by atoms with Gasteiger partial charge in [0.15, 0.2) is 0 Å². The van der Waals surface area contributed by atoms with Gasteiger partial charge in [0, 0.05) is 31.2 Å². The molecule has 0 aliphatic heterocycles. The molecule has 1 saturated carbocycles. The van der Waals surface area contributed by atoms with Crippen LogP contribution in [0.15, 0.2) is 30.6 Å². The SMILES string of the molecule is Cn1ccnc1CN(C(=O)c1c(N)cccc1Cl)C1CC1. The van der Waals surface area contributed by atoms with E-state index in [1.165, 1.54) is 0 Å². The molecule has 1 aromatic heterocycles. The zero-order valence-electron chi connectivity index (χ0n) is 11.8. The number of nitrogens with two attached hydrogens (primary N) is 1. The molecule has 3 rings (SSSR count). The second-order valence-corrected chi connectivity index (χ2v) is 5.73. The molecule has 110 valence electrons. The number of aromatic nitrogens is 2. The summed E-state index contributed by atoms with van der Waals surface area (Å²) in [5.74, 6) is 0.726. The van der Waals surface area contributed by atoms with Gasteiger partial charge in [-0.2, -0.15) is 0 Å². The van der Waals surface area contributed by atoms with Crippen molar-refractivity contribution >= 4 is 23.2 Å². The highest BCUT2D eigenvalue weighted by atomic mass is 35.5. The maximum Gasteiger partial charge on any atom is 0.258 e. The summed E-state index contributed by atoms with van der Waals surface area (Å²) in [6.07, 6.45) is 5.63. The van der Waals surface area contributed by atoms with Crippen LogP contribution in [0.2, 0.25) is 5.02 Å². The molecule has 6 heteroatoms. The largest absolute Gasteiger partial charge is 0.398 e. The Morgan fingerprint density at radius 1 is 1.52 bits per heavy atom. The van der Waals surface area contributed by atoms with Gasteiger partial charge >= 0.3 is 0 Å². The lowest BCUT2D eigenvalue weighted by Gasteiger charge is -2.23. The molecule has 2 aromatic rings. The first-order valence-corrected chi connectivity index (χ1v) is 7.27. The number of nitrogen functional groups attached to an aromatic ring is 1. The predicted octanol–water partition coefficient (Wildman–Crippen LogP) is 2.46. The Labute approximate surface area is 128 Å². The van der Waals surface area contributed by atoms with Crippen molar-refractivity contribution in [3.05, 3.63) is 47.0 Å². The van der Waals surface area contributed by atoms with Crippen LogP contribution >= 0.6 is 11.6 Å². The number of hydrogen-bond acceptors (Lipinski definition) is 3. The monoisotopic (exact) mass is 304 g/mol. The molecule has 21 heavy (non-hydrogen) atoms. The van der Waals surface area contributed by atoms with Gasteiger partial charge in [-0.25, -0.2) is 4.98 Å². The van der Waals surface area contributed by atoms with Crippen molar-refractivity contribution in [3.63, 3.8) is 0 Å². The maximum absolute atomic E-state index is 12.8. The number of benzene rings is 1.